The smallest absolute Gasteiger partial charge is 0.408 e. The molecule has 0 saturated heterocycles. The standard InChI is InChI=1S/C25H19F3N6O2/c1-14(25(26,27)28)34-13-30-32-24(34)20-4-2-3-19(31-20)18-11-36-22-8-7-16(9-17(22)23(18)35)33-10-21(29-12-33)15-5-6-15/h2-4,7-15H,5-6H2,1H3. The lowest BCUT2D eigenvalue weighted by Crippen LogP contribution is -2.24. The average Bonchev–Trinajstić information content (AvgIpc) is 3.39. The number of halogens is 3. The molecule has 0 spiro atoms. The van der Waals surface area contributed by atoms with E-state index >= 15 is 0 Å². The quantitative estimate of drug-likeness (QED) is 0.331. The van der Waals surface area contributed by atoms with Gasteiger partial charge in [-0.3, -0.25) is 4.79 Å². The third-order valence-corrected chi connectivity index (χ3v) is 6.37. The molecule has 0 bridgehead atoms. The SMILES string of the molecule is CC(n1cnnc1-c1cccc(-c2coc3ccc(-n4cnc(C5CC5)c4)cc3c2=O)n1)C(F)(F)F. The molecule has 0 aliphatic heterocycles. The van der Waals surface area contributed by atoms with Crippen LogP contribution in [0.5, 0.6) is 0 Å². The number of imidazole rings is 1. The van der Waals surface area contributed by atoms with Gasteiger partial charge in [-0.05, 0) is 50.1 Å². The van der Waals surface area contributed by atoms with Crippen LogP contribution in [0.3, 0.4) is 0 Å². The number of hydrogen-bond donors (Lipinski definition) is 0. The molecule has 5 aromatic rings. The highest BCUT2D eigenvalue weighted by Crippen LogP contribution is 2.39. The summed E-state index contributed by atoms with van der Waals surface area (Å²) in [5, 5.41) is 7.82. The van der Waals surface area contributed by atoms with E-state index < -0.39 is 12.2 Å². The first kappa shape index (κ1) is 22.2. The Hall–Kier alpha value is -4.28. The summed E-state index contributed by atoms with van der Waals surface area (Å²) in [6, 6.07) is 8.16. The first-order valence-corrected chi connectivity index (χ1v) is 11.3. The van der Waals surface area contributed by atoms with Crippen molar-refractivity contribution < 1.29 is 17.6 Å². The van der Waals surface area contributed by atoms with E-state index in [1.54, 1.807) is 30.6 Å². The van der Waals surface area contributed by atoms with Gasteiger partial charge in [0.05, 0.1) is 28.7 Å². The maximum atomic E-state index is 13.4. The first-order valence-electron chi connectivity index (χ1n) is 11.3. The zero-order valence-corrected chi connectivity index (χ0v) is 19.0. The van der Waals surface area contributed by atoms with Gasteiger partial charge in [0, 0.05) is 17.8 Å². The highest BCUT2D eigenvalue weighted by molar-refractivity contribution is 5.83. The van der Waals surface area contributed by atoms with Gasteiger partial charge in [0.25, 0.3) is 0 Å². The van der Waals surface area contributed by atoms with Crippen molar-refractivity contribution in [3.8, 4) is 28.5 Å². The van der Waals surface area contributed by atoms with E-state index in [9.17, 15) is 18.0 Å². The van der Waals surface area contributed by atoms with Crippen LogP contribution in [0.4, 0.5) is 13.2 Å². The van der Waals surface area contributed by atoms with Crippen LogP contribution in [-0.2, 0) is 0 Å². The number of nitrogens with zero attached hydrogens (tertiary/aromatic N) is 6. The number of pyridine rings is 1. The van der Waals surface area contributed by atoms with Crippen LogP contribution < -0.4 is 5.43 Å². The average molecular weight is 492 g/mol. The second-order valence-corrected chi connectivity index (χ2v) is 8.83. The Balaban J connectivity index is 1.40. The summed E-state index contributed by atoms with van der Waals surface area (Å²) < 4.78 is 48.4. The van der Waals surface area contributed by atoms with Crippen LogP contribution in [0.15, 0.2) is 70.7 Å². The summed E-state index contributed by atoms with van der Waals surface area (Å²) in [6.45, 7) is 1.01. The largest absolute Gasteiger partial charge is 0.463 e. The molecule has 4 aromatic heterocycles. The Morgan fingerprint density at radius 3 is 2.69 bits per heavy atom. The monoisotopic (exact) mass is 492 g/mol. The van der Waals surface area contributed by atoms with E-state index in [2.05, 4.69) is 20.2 Å². The minimum absolute atomic E-state index is 0.0549. The molecule has 1 atom stereocenters. The number of hydrogen-bond acceptors (Lipinski definition) is 6. The van der Waals surface area contributed by atoms with Gasteiger partial charge >= 0.3 is 6.18 Å². The maximum Gasteiger partial charge on any atom is 0.408 e. The lowest BCUT2D eigenvalue weighted by molar-refractivity contribution is -0.162. The van der Waals surface area contributed by atoms with Crippen molar-refractivity contribution in [2.24, 2.45) is 0 Å². The van der Waals surface area contributed by atoms with Crippen molar-refractivity contribution >= 4 is 11.0 Å². The van der Waals surface area contributed by atoms with Crippen molar-refractivity contribution in [1.82, 2.24) is 29.3 Å². The fourth-order valence-electron chi connectivity index (χ4n) is 4.10. The first-order chi connectivity index (χ1) is 17.3. The molecule has 36 heavy (non-hydrogen) atoms. The third-order valence-electron chi connectivity index (χ3n) is 6.37. The lowest BCUT2D eigenvalue weighted by atomic mass is 10.1. The summed E-state index contributed by atoms with van der Waals surface area (Å²) in [7, 11) is 0. The molecule has 1 fully saturated rings. The molecular weight excluding hydrogens is 473 g/mol. The Morgan fingerprint density at radius 2 is 1.92 bits per heavy atom. The molecule has 0 radical (unpaired) electrons. The van der Waals surface area contributed by atoms with Crippen LogP contribution in [0.25, 0.3) is 39.4 Å². The fourth-order valence-corrected chi connectivity index (χ4v) is 4.10. The minimum Gasteiger partial charge on any atom is -0.463 e. The molecule has 1 saturated carbocycles. The number of benzene rings is 1. The van der Waals surface area contributed by atoms with Crippen LogP contribution >= 0.6 is 0 Å². The van der Waals surface area contributed by atoms with Gasteiger partial charge in [0.15, 0.2) is 5.82 Å². The van der Waals surface area contributed by atoms with E-state index in [4.69, 9.17) is 4.42 Å². The normalized spacial score (nSPS) is 14.9. The van der Waals surface area contributed by atoms with Gasteiger partial charge in [0.1, 0.15) is 29.9 Å². The van der Waals surface area contributed by atoms with Crippen LogP contribution in [0, 0.1) is 0 Å². The third kappa shape index (κ3) is 3.86. The second kappa shape index (κ2) is 8.14. The molecule has 6 rings (SSSR count). The number of rotatable bonds is 5. The summed E-state index contributed by atoms with van der Waals surface area (Å²) in [5.41, 5.74) is 2.48. The minimum atomic E-state index is -4.49. The number of aromatic nitrogens is 6. The molecule has 1 unspecified atom stereocenters. The van der Waals surface area contributed by atoms with Crippen molar-refractivity contribution in [3.05, 3.63) is 77.4 Å². The Kier molecular flexibility index (Phi) is 5.02. The van der Waals surface area contributed by atoms with Crippen molar-refractivity contribution in [2.75, 3.05) is 0 Å². The Morgan fingerprint density at radius 1 is 1.11 bits per heavy atom. The van der Waals surface area contributed by atoms with Crippen molar-refractivity contribution in [2.45, 2.75) is 37.9 Å². The molecule has 4 heterocycles. The summed E-state index contributed by atoms with van der Waals surface area (Å²) in [4.78, 5) is 22.3. The zero-order chi connectivity index (χ0) is 25.0. The molecule has 1 aromatic carbocycles. The van der Waals surface area contributed by atoms with E-state index in [1.165, 1.54) is 12.3 Å². The van der Waals surface area contributed by atoms with Gasteiger partial charge in [0.2, 0.25) is 5.43 Å². The second-order valence-electron chi connectivity index (χ2n) is 8.83. The predicted molar refractivity (Wildman–Crippen MR) is 125 cm³/mol. The summed E-state index contributed by atoms with van der Waals surface area (Å²) in [5.74, 6) is 0.451. The van der Waals surface area contributed by atoms with Crippen LogP contribution in [0.2, 0.25) is 0 Å². The van der Waals surface area contributed by atoms with E-state index in [1.807, 2.05) is 16.8 Å². The molecule has 1 aliphatic rings. The van der Waals surface area contributed by atoms with E-state index in [0.29, 0.717) is 16.9 Å². The highest BCUT2D eigenvalue weighted by atomic mass is 19.4. The Bertz CT molecular complexity index is 1650. The van der Waals surface area contributed by atoms with Gasteiger partial charge in [-0.2, -0.15) is 13.2 Å². The molecule has 182 valence electrons. The molecule has 0 N–H and O–H groups in total. The number of fused-ring (bicyclic) bond motifs is 1. The van der Waals surface area contributed by atoms with E-state index in [0.717, 1.165) is 42.0 Å². The van der Waals surface area contributed by atoms with Crippen molar-refractivity contribution in [3.63, 3.8) is 0 Å². The topological polar surface area (TPSA) is 91.6 Å². The fraction of sp³-hybridized carbons (Fsp3) is 0.240. The zero-order valence-electron chi connectivity index (χ0n) is 19.0. The lowest BCUT2D eigenvalue weighted by Gasteiger charge is -2.18. The van der Waals surface area contributed by atoms with E-state index in [-0.39, 0.29) is 28.2 Å². The molecule has 8 nitrogen and oxygen atoms in total. The van der Waals surface area contributed by atoms with Gasteiger partial charge in [-0.1, -0.05) is 6.07 Å². The highest BCUT2D eigenvalue weighted by Gasteiger charge is 2.38. The maximum absolute atomic E-state index is 13.4. The molecule has 11 heteroatoms. The molecular formula is C25H19F3N6O2. The van der Waals surface area contributed by atoms with Crippen LogP contribution in [0.1, 0.15) is 37.4 Å². The van der Waals surface area contributed by atoms with Gasteiger partial charge in [-0.15, -0.1) is 10.2 Å². The Labute approximate surface area is 202 Å². The van der Waals surface area contributed by atoms with Gasteiger partial charge < -0.3 is 13.6 Å². The number of alkyl halides is 3. The summed E-state index contributed by atoms with van der Waals surface area (Å²) in [6.07, 6.45) is 3.80. The molecule has 0 amide bonds. The van der Waals surface area contributed by atoms with Crippen LogP contribution in [-0.4, -0.2) is 35.5 Å². The van der Waals surface area contributed by atoms with Crippen molar-refractivity contribution in [1.29, 1.82) is 0 Å². The molecule has 1 aliphatic carbocycles. The van der Waals surface area contributed by atoms with Gasteiger partial charge in [-0.25, -0.2) is 9.97 Å². The summed E-state index contributed by atoms with van der Waals surface area (Å²) >= 11 is 0. The predicted octanol–water partition coefficient (Wildman–Crippen LogP) is 5.30.